The Kier molecular flexibility index (Phi) is 2.85. The molecule has 0 aliphatic carbocycles. The zero-order valence-electron chi connectivity index (χ0n) is 13.6. The normalized spacial score (nSPS) is 15.5. The van der Waals surface area contributed by atoms with Gasteiger partial charge in [-0.2, -0.15) is 5.10 Å². The van der Waals surface area contributed by atoms with Gasteiger partial charge in [-0.3, -0.25) is 0 Å². The number of nitrogens with zero attached hydrogens (tertiary/aromatic N) is 2. The number of hydrogen-bond donors (Lipinski definition) is 3. The van der Waals surface area contributed by atoms with Crippen molar-refractivity contribution < 1.29 is 5.11 Å². The summed E-state index contributed by atoms with van der Waals surface area (Å²) in [6.45, 7) is 2.02. The number of aromatic amines is 1. The van der Waals surface area contributed by atoms with Gasteiger partial charge in [0.1, 0.15) is 5.75 Å². The predicted octanol–water partition coefficient (Wildman–Crippen LogP) is 4.15. The first-order chi connectivity index (χ1) is 12.2. The Labute approximate surface area is 144 Å². The minimum absolute atomic E-state index is 0.0408. The zero-order valence-corrected chi connectivity index (χ0v) is 13.6. The molecule has 1 atom stereocenters. The first kappa shape index (κ1) is 14.0. The van der Waals surface area contributed by atoms with Crippen molar-refractivity contribution in [2.45, 2.75) is 13.0 Å². The van der Waals surface area contributed by atoms with Gasteiger partial charge in [0.2, 0.25) is 0 Å². The predicted molar refractivity (Wildman–Crippen MR) is 97.6 cm³/mol. The van der Waals surface area contributed by atoms with Gasteiger partial charge in [0.15, 0.2) is 5.65 Å². The van der Waals surface area contributed by atoms with E-state index in [1.807, 2.05) is 37.5 Å². The molecule has 1 aliphatic rings. The van der Waals surface area contributed by atoms with Crippen LogP contribution in [0.4, 0.5) is 5.69 Å². The number of nitrogens with one attached hydrogen (secondary N) is 2. The number of para-hydroxylation sites is 1. The second-order valence-electron chi connectivity index (χ2n) is 6.39. The topological polar surface area (TPSA) is 73.8 Å². The molecule has 0 fully saturated rings. The molecule has 3 heterocycles. The SMILES string of the molecule is Cc1cc(O)ccc1C1Nc2ccccc2-c2cnnc3[nH]cc1c23. The number of anilines is 1. The third-order valence-corrected chi connectivity index (χ3v) is 4.90. The molecule has 0 bridgehead atoms. The Morgan fingerprint density at radius 1 is 1.04 bits per heavy atom. The monoisotopic (exact) mass is 328 g/mol. The molecule has 0 saturated carbocycles. The van der Waals surface area contributed by atoms with Crippen LogP contribution in [0.2, 0.25) is 0 Å². The lowest BCUT2D eigenvalue weighted by molar-refractivity contribution is 0.474. The van der Waals surface area contributed by atoms with Crippen LogP contribution in [0.15, 0.2) is 54.9 Å². The van der Waals surface area contributed by atoms with Gasteiger partial charge in [-0.1, -0.05) is 24.3 Å². The van der Waals surface area contributed by atoms with Crippen molar-refractivity contribution in [1.82, 2.24) is 15.2 Å². The van der Waals surface area contributed by atoms with Crippen LogP contribution in [0, 0.1) is 6.92 Å². The highest BCUT2D eigenvalue weighted by Gasteiger charge is 2.27. The third kappa shape index (κ3) is 2.02. The molecule has 122 valence electrons. The van der Waals surface area contributed by atoms with Crippen LogP contribution in [-0.4, -0.2) is 20.3 Å². The van der Waals surface area contributed by atoms with Crippen molar-refractivity contribution >= 4 is 16.7 Å². The van der Waals surface area contributed by atoms with E-state index < -0.39 is 0 Å². The van der Waals surface area contributed by atoms with E-state index in [1.165, 1.54) is 0 Å². The van der Waals surface area contributed by atoms with E-state index in [9.17, 15) is 5.11 Å². The lowest BCUT2D eigenvalue weighted by atomic mass is 9.94. The zero-order chi connectivity index (χ0) is 17.0. The van der Waals surface area contributed by atoms with Gasteiger partial charge in [0.25, 0.3) is 0 Å². The number of H-pyrrole nitrogens is 1. The van der Waals surface area contributed by atoms with E-state index in [1.54, 1.807) is 12.1 Å². The van der Waals surface area contributed by atoms with Crippen molar-refractivity contribution in [2.24, 2.45) is 0 Å². The summed E-state index contributed by atoms with van der Waals surface area (Å²) < 4.78 is 0. The molecule has 0 saturated heterocycles. The van der Waals surface area contributed by atoms with Gasteiger partial charge in [-0.25, -0.2) is 0 Å². The maximum Gasteiger partial charge on any atom is 0.160 e. The van der Waals surface area contributed by atoms with E-state index in [4.69, 9.17) is 0 Å². The summed E-state index contributed by atoms with van der Waals surface area (Å²) in [6.07, 6.45) is 3.82. The Bertz CT molecular complexity index is 1120. The summed E-state index contributed by atoms with van der Waals surface area (Å²) in [5.41, 5.74) is 7.32. The number of rotatable bonds is 1. The molecular formula is C20H16N4O. The summed E-state index contributed by atoms with van der Waals surface area (Å²) in [5.74, 6) is 0.278. The van der Waals surface area contributed by atoms with Gasteiger partial charge >= 0.3 is 0 Å². The smallest absolute Gasteiger partial charge is 0.160 e. The maximum atomic E-state index is 9.77. The lowest BCUT2D eigenvalue weighted by Crippen LogP contribution is -2.12. The van der Waals surface area contributed by atoms with Crippen molar-refractivity contribution in [1.29, 1.82) is 0 Å². The summed E-state index contributed by atoms with van der Waals surface area (Å²) in [4.78, 5) is 3.25. The van der Waals surface area contributed by atoms with Crippen LogP contribution in [0.25, 0.3) is 22.2 Å². The van der Waals surface area contributed by atoms with Gasteiger partial charge in [0.05, 0.1) is 12.2 Å². The lowest BCUT2D eigenvalue weighted by Gasteiger charge is -2.21. The number of aryl methyl sites for hydroxylation is 1. The van der Waals surface area contributed by atoms with Gasteiger partial charge in [0, 0.05) is 34.0 Å². The fourth-order valence-corrected chi connectivity index (χ4v) is 3.74. The van der Waals surface area contributed by atoms with E-state index in [2.05, 4.69) is 32.6 Å². The fraction of sp³-hybridized carbons (Fsp3) is 0.100. The van der Waals surface area contributed by atoms with E-state index in [-0.39, 0.29) is 11.8 Å². The standard InChI is InChI=1S/C20H16N4O/c1-11-8-12(25)6-7-13(11)19-16-9-21-20-18(16)15(10-22-24-20)14-4-2-3-5-17(14)23-19/h2-10,19,23,25H,1H3,(H,21,24). The number of phenolic OH excluding ortho intramolecular Hbond substituents is 1. The molecule has 25 heavy (non-hydrogen) atoms. The molecule has 2 aromatic heterocycles. The number of aromatic nitrogens is 3. The number of hydrogen-bond acceptors (Lipinski definition) is 4. The molecule has 4 aromatic rings. The molecule has 5 nitrogen and oxygen atoms in total. The first-order valence-corrected chi connectivity index (χ1v) is 8.20. The Morgan fingerprint density at radius 3 is 2.80 bits per heavy atom. The highest BCUT2D eigenvalue weighted by molar-refractivity contribution is 6.00. The molecule has 0 amide bonds. The summed E-state index contributed by atoms with van der Waals surface area (Å²) >= 11 is 0. The number of benzene rings is 2. The highest BCUT2D eigenvalue weighted by Crippen LogP contribution is 2.43. The van der Waals surface area contributed by atoms with Crippen LogP contribution in [-0.2, 0) is 0 Å². The average Bonchev–Trinajstić information content (AvgIpc) is 2.98. The minimum Gasteiger partial charge on any atom is -0.508 e. The Morgan fingerprint density at radius 2 is 1.92 bits per heavy atom. The second-order valence-corrected chi connectivity index (χ2v) is 6.39. The molecule has 3 N–H and O–H groups in total. The summed E-state index contributed by atoms with van der Waals surface area (Å²) in [7, 11) is 0. The van der Waals surface area contributed by atoms with Crippen LogP contribution >= 0.6 is 0 Å². The largest absolute Gasteiger partial charge is 0.508 e. The quantitative estimate of drug-likeness (QED) is 0.491. The number of fused-ring (bicyclic) bond motifs is 2. The molecule has 5 heteroatoms. The molecule has 0 spiro atoms. The second kappa shape index (κ2) is 5.08. The van der Waals surface area contributed by atoms with Gasteiger partial charge in [-0.15, -0.1) is 5.10 Å². The number of aromatic hydroxyl groups is 1. The Hall–Kier alpha value is -3.34. The van der Waals surface area contributed by atoms with Crippen molar-refractivity contribution in [3.8, 4) is 16.9 Å². The van der Waals surface area contributed by atoms with Gasteiger partial charge in [-0.05, 0) is 36.2 Å². The molecular weight excluding hydrogens is 312 g/mol. The van der Waals surface area contributed by atoms with Gasteiger partial charge < -0.3 is 15.4 Å². The van der Waals surface area contributed by atoms with E-state index in [0.717, 1.165) is 44.5 Å². The highest BCUT2D eigenvalue weighted by atomic mass is 16.3. The number of phenols is 1. The van der Waals surface area contributed by atoms with Crippen LogP contribution in [0.1, 0.15) is 22.7 Å². The van der Waals surface area contributed by atoms with Crippen LogP contribution in [0.5, 0.6) is 5.75 Å². The Balaban J connectivity index is 1.85. The van der Waals surface area contributed by atoms with Crippen molar-refractivity contribution in [2.75, 3.05) is 5.32 Å². The molecule has 1 unspecified atom stereocenters. The first-order valence-electron chi connectivity index (χ1n) is 8.20. The molecule has 0 radical (unpaired) electrons. The van der Waals surface area contributed by atoms with E-state index >= 15 is 0 Å². The molecule has 1 aliphatic heterocycles. The minimum atomic E-state index is -0.0408. The summed E-state index contributed by atoms with van der Waals surface area (Å²) in [5, 5.41) is 22.9. The fourth-order valence-electron chi connectivity index (χ4n) is 3.74. The van der Waals surface area contributed by atoms with Crippen LogP contribution in [0.3, 0.4) is 0 Å². The maximum absolute atomic E-state index is 9.77. The third-order valence-electron chi connectivity index (χ3n) is 4.90. The average molecular weight is 328 g/mol. The van der Waals surface area contributed by atoms with E-state index in [0.29, 0.717) is 0 Å². The van der Waals surface area contributed by atoms with Crippen LogP contribution < -0.4 is 5.32 Å². The summed E-state index contributed by atoms with van der Waals surface area (Å²) in [6, 6.07) is 13.7. The van der Waals surface area contributed by atoms with Crippen molar-refractivity contribution in [3.63, 3.8) is 0 Å². The van der Waals surface area contributed by atoms with Crippen molar-refractivity contribution in [3.05, 3.63) is 71.5 Å². The molecule has 5 rings (SSSR count). The molecule has 2 aromatic carbocycles.